The molecule has 0 aliphatic heterocycles. The zero-order chi connectivity index (χ0) is 22.1. The van der Waals surface area contributed by atoms with Gasteiger partial charge in [-0.1, -0.05) is 36.0 Å². The number of carbonyl (C=O) groups is 1. The normalized spacial score (nSPS) is 10.7. The number of rotatable bonds is 11. The van der Waals surface area contributed by atoms with Crippen molar-refractivity contribution in [2.75, 3.05) is 25.5 Å². The first kappa shape index (κ1) is 22.7. The van der Waals surface area contributed by atoms with Crippen molar-refractivity contribution in [3.8, 4) is 22.9 Å². The molecule has 0 atom stereocenters. The average molecular weight is 441 g/mol. The minimum absolute atomic E-state index is 0.0663. The highest BCUT2D eigenvalue weighted by molar-refractivity contribution is 7.99. The third kappa shape index (κ3) is 6.24. The number of thioether (sulfide) groups is 1. The number of benzene rings is 2. The zero-order valence-corrected chi connectivity index (χ0v) is 18.9. The monoisotopic (exact) mass is 440 g/mol. The number of amides is 1. The van der Waals surface area contributed by atoms with E-state index < -0.39 is 0 Å². The van der Waals surface area contributed by atoms with E-state index in [1.807, 2.05) is 60.9 Å². The number of ether oxygens (including phenoxy) is 2. The molecular weight excluding hydrogens is 412 g/mol. The number of nitrogens with one attached hydrogen (secondary N) is 1. The van der Waals surface area contributed by atoms with Crippen molar-refractivity contribution in [3.05, 3.63) is 54.1 Å². The number of hydrogen-bond acceptors (Lipinski definition) is 6. The highest BCUT2D eigenvalue weighted by Gasteiger charge is 2.15. The second-order valence-corrected chi connectivity index (χ2v) is 7.70. The summed E-state index contributed by atoms with van der Waals surface area (Å²) in [5.41, 5.74) is 2.20. The summed E-state index contributed by atoms with van der Waals surface area (Å²) in [6, 6.07) is 15.5. The Hall–Kier alpha value is -3.00. The Labute approximate surface area is 187 Å². The van der Waals surface area contributed by atoms with Crippen LogP contribution in [0.5, 0.6) is 11.5 Å². The van der Waals surface area contributed by atoms with Crippen LogP contribution in [0.15, 0.2) is 53.7 Å². The molecule has 1 amide bonds. The van der Waals surface area contributed by atoms with Gasteiger partial charge in [0.25, 0.3) is 0 Å². The van der Waals surface area contributed by atoms with E-state index in [4.69, 9.17) is 9.47 Å². The van der Waals surface area contributed by atoms with Crippen molar-refractivity contribution in [2.45, 2.75) is 32.5 Å². The van der Waals surface area contributed by atoms with E-state index in [0.29, 0.717) is 19.8 Å². The van der Waals surface area contributed by atoms with E-state index in [1.165, 1.54) is 11.8 Å². The van der Waals surface area contributed by atoms with Crippen LogP contribution in [-0.2, 0) is 11.3 Å². The molecule has 0 radical (unpaired) electrons. The van der Waals surface area contributed by atoms with Gasteiger partial charge in [0, 0.05) is 12.1 Å². The Balaban J connectivity index is 1.45. The fraction of sp³-hybridized carbons (Fsp3) is 0.348. The summed E-state index contributed by atoms with van der Waals surface area (Å²) in [4.78, 5) is 12.2. The van der Waals surface area contributed by atoms with E-state index in [-0.39, 0.29) is 11.7 Å². The number of aryl methyl sites for hydroxylation is 1. The molecule has 0 unspecified atom stereocenters. The number of hydrogen-bond donors (Lipinski definition) is 1. The van der Waals surface area contributed by atoms with Gasteiger partial charge in [-0.15, -0.1) is 10.2 Å². The Morgan fingerprint density at radius 3 is 2.42 bits per heavy atom. The molecule has 0 bridgehead atoms. The van der Waals surface area contributed by atoms with Gasteiger partial charge < -0.3 is 19.4 Å². The smallest absolute Gasteiger partial charge is 0.230 e. The van der Waals surface area contributed by atoms with Gasteiger partial charge in [-0.2, -0.15) is 0 Å². The first-order valence-electron chi connectivity index (χ1n) is 10.4. The maximum atomic E-state index is 12.2. The fourth-order valence-electron chi connectivity index (χ4n) is 3.04. The van der Waals surface area contributed by atoms with Gasteiger partial charge in [0.05, 0.1) is 18.9 Å². The predicted octanol–water partition coefficient (Wildman–Crippen LogP) is 3.96. The van der Waals surface area contributed by atoms with E-state index in [0.717, 1.165) is 40.2 Å². The SMILES string of the molecule is CCOc1ccc(OCCNC(=O)CSc2nnc(-c3ccccc3C)n2CC)cc1. The van der Waals surface area contributed by atoms with Gasteiger partial charge in [0.2, 0.25) is 5.91 Å². The average Bonchev–Trinajstić information content (AvgIpc) is 3.19. The molecule has 0 saturated heterocycles. The van der Waals surface area contributed by atoms with Crippen LogP contribution in [0, 0.1) is 6.92 Å². The number of aromatic nitrogens is 3. The molecule has 1 aromatic heterocycles. The first-order valence-corrected chi connectivity index (χ1v) is 11.3. The summed E-state index contributed by atoms with van der Waals surface area (Å²) in [5, 5.41) is 12.3. The molecule has 7 nitrogen and oxygen atoms in total. The molecule has 1 N–H and O–H groups in total. The summed E-state index contributed by atoms with van der Waals surface area (Å²) in [6.45, 7) is 8.24. The van der Waals surface area contributed by atoms with Gasteiger partial charge in [0.15, 0.2) is 11.0 Å². The Bertz CT molecular complexity index is 989. The molecule has 31 heavy (non-hydrogen) atoms. The molecule has 3 aromatic rings. The van der Waals surface area contributed by atoms with Gasteiger partial charge in [-0.25, -0.2) is 0 Å². The Morgan fingerprint density at radius 1 is 1.03 bits per heavy atom. The van der Waals surface area contributed by atoms with Crippen molar-refractivity contribution < 1.29 is 14.3 Å². The Morgan fingerprint density at radius 2 is 1.74 bits per heavy atom. The maximum absolute atomic E-state index is 12.2. The van der Waals surface area contributed by atoms with Gasteiger partial charge >= 0.3 is 0 Å². The molecule has 2 aromatic carbocycles. The predicted molar refractivity (Wildman–Crippen MR) is 123 cm³/mol. The second-order valence-electron chi connectivity index (χ2n) is 6.76. The molecule has 3 rings (SSSR count). The van der Waals surface area contributed by atoms with Crippen molar-refractivity contribution in [1.29, 1.82) is 0 Å². The minimum Gasteiger partial charge on any atom is -0.494 e. The van der Waals surface area contributed by atoms with Gasteiger partial charge in [0.1, 0.15) is 18.1 Å². The van der Waals surface area contributed by atoms with Crippen LogP contribution in [0.2, 0.25) is 0 Å². The van der Waals surface area contributed by atoms with Crippen LogP contribution in [0.4, 0.5) is 0 Å². The Kier molecular flexibility index (Phi) is 8.35. The number of nitrogens with zero attached hydrogens (tertiary/aromatic N) is 3. The fourth-order valence-corrected chi connectivity index (χ4v) is 3.88. The van der Waals surface area contributed by atoms with E-state index in [9.17, 15) is 4.79 Å². The topological polar surface area (TPSA) is 78.3 Å². The molecule has 0 spiro atoms. The van der Waals surface area contributed by atoms with E-state index in [1.54, 1.807) is 0 Å². The van der Waals surface area contributed by atoms with Crippen LogP contribution in [0.25, 0.3) is 11.4 Å². The summed E-state index contributed by atoms with van der Waals surface area (Å²) in [7, 11) is 0. The highest BCUT2D eigenvalue weighted by atomic mass is 32.2. The van der Waals surface area contributed by atoms with Gasteiger partial charge in [-0.3, -0.25) is 4.79 Å². The van der Waals surface area contributed by atoms with Gasteiger partial charge in [-0.05, 0) is 50.6 Å². The molecule has 0 saturated carbocycles. The largest absolute Gasteiger partial charge is 0.494 e. The molecule has 0 aliphatic carbocycles. The van der Waals surface area contributed by atoms with Crippen LogP contribution >= 0.6 is 11.8 Å². The summed E-state index contributed by atoms with van der Waals surface area (Å²) in [6.07, 6.45) is 0. The van der Waals surface area contributed by atoms with Crippen molar-refractivity contribution in [1.82, 2.24) is 20.1 Å². The van der Waals surface area contributed by atoms with Crippen LogP contribution in [-0.4, -0.2) is 46.2 Å². The van der Waals surface area contributed by atoms with E-state index in [2.05, 4.69) is 28.5 Å². The molecular formula is C23H28N4O3S. The summed E-state index contributed by atoms with van der Waals surface area (Å²) < 4.78 is 13.1. The van der Waals surface area contributed by atoms with Crippen LogP contribution in [0.3, 0.4) is 0 Å². The third-order valence-corrected chi connectivity index (χ3v) is 5.55. The second kappa shape index (κ2) is 11.4. The molecule has 8 heteroatoms. The lowest BCUT2D eigenvalue weighted by Gasteiger charge is -2.10. The lowest BCUT2D eigenvalue weighted by Crippen LogP contribution is -2.29. The summed E-state index contributed by atoms with van der Waals surface area (Å²) in [5.74, 6) is 2.59. The first-order chi connectivity index (χ1) is 15.1. The quantitative estimate of drug-likeness (QED) is 0.359. The molecule has 0 fully saturated rings. The summed E-state index contributed by atoms with van der Waals surface area (Å²) >= 11 is 1.38. The minimum atomic E-state index is -0.0663. The molecule has 0 aliphatic rings. The number of carbonyl (C=O) groups excluding carboxylic acids is 1. The van der Waals surface area contributed by atoms with Crippen molar-refractivity contribution in [2.24, 2.45) is 0 Å². The lowest BCUT2D eigenvalue weighted by atomic mass is 10.1. The van der Waals surface area contributed by atoms with E-state index >= 15 is 0 Å². The zero-order valence-electron chi connectivity index (χ0n) is 18.1. The molecule has 164 valence electrons. The van der Waals surface area contributed by atoms with Crippen LogP contribution < -0.4 is 14.8 Å². The third-order valence-electron chi connectivity index (χ3n) is 4.58. The van der Waals surface area contributed by atoms with Crippen LogP contribution in [0.1, 0.15) is 19.4 Å². The lowest BCUT2D eigenvalue weighted by molar-refractivity contribution is -0.118. The maximum Gasteiger partial charge on any atom is 0.230 e. The highest BCUT2D eigenvalue weighted by Crippen LogP contribution is 2.26. The van der Waals surface area contributed by atoms with Crippen molar-refractivity contribution in [3.63, 3.8) is 0 Å². The molecule has 1 heterocycles. The van der Waals surface area contributed by atoms with Crippen molar-refractivity contribution >= 4 is 17.7 Å². The standard InChI is InChI=1S/C23H28N4O3S/c1-4-27-22(20-9-7-6-8-17(20)3)25-26-23(27)31-16-21(28)24-14-15-30-19-12-10-18(11-13-19)29-5-2/h6-13H,4-5,14-16H2,1-3H3,(H,24,28).